The van der Waals surface area contributed by atoms with Crippen LogP contribution in [0.1, 0.15) is 23.1 Å². The first-order valence-corrected chi connectivity index (χ1v) is 9.13. The summed E-state index contributed by atoms with van der Waals surface area (Å²) in [6.45, 7) is 5.12. The predicted octanol–water partition coefficient (Wildman–Crippen LogP) is 1.92. The second-order valence-electron chi connectivity index (χ2n) is 6.07. The first-order valence-electron chi connectivity index (χ1n) is 8.31. The molecule has 3 aromatic heterocycles. The summed E-state index contributed by atoms with van der Waals surface area (Å²) in [6, 6.07) is 3.44. The fourth-order valence-corrected chi connectivity index (χ4v) is 3.53. The molecule has 0 unspecified atom stereocenters. The molecule has 1 N–H and O–H groups in total. The van der Waals surface area contributed by atoms with Crippen molar-refractivity contribution >= 4 is 33.4 Å². The van der Waals surface area contributed by atoms with Gasteiger partial charge in [-0.3, -0.25) is 19.0 Å². The molecule has 3 rings (SSSR count). The van der Waals surface area contributed by atoms with Crippen molar-refractivity contribution in [3.05, 3.63) is 51.3 Å². The summed E-state index contributed by atoms with van der Waals surface area (Å²) >= 11 is 1.44. The third kappa shape index (κ3) is 4.08. The number of carbonyl (C=O) groups is 2. The number of hydrogen-bond donors (Lipinski definition) is 1. The van der Waals surface area contributed by atoms with Crippen LogP contribution >= 0.6 is 11.3 Å². The van der Waals surface area contributed by atoms with Crippen LogP contribution in [0, 0.1) is 13.8 Å². The van der Waals surface area contributed by atoms with Gasteiger partial charge >= 0.3 is 5.97 Å². The van der Waals surface area contributed by atoms with Crippen LogP contribution in [0.15, 0.2) is 33.9 Å². The van der Waals surface area contributed by atoms with E-state index in [0.717, 1.165) is 10.4 Å². The summed E-state index contributed by atoms with van der Waals surface area (Å²) < 4.78 is 11.4. The lowest BCUT2D eigenvalue weighted by Gasteiger charge is -2.13. The van der Waals surface area contributed by atoms with E-state index in [4.69, 9.17) is 9.15 Å². The number of nitrogens with one attached hydrogen (secondary N) is 1. The lowest BCUT2D eigenvalue weighted by atomic mass is 10.2. The highest BCUT2D eigenvalue weighted by atomic mass is 32.1. The molecular weight excluding hydrogens is 370 g/mol. The second kappa shape index (κ2) is 7.75. The van der Waals surface area contributed by atoms with Crippen LogP contribution in [-0.2, 0) is 27.4 Å². The molecule has 0 bridgehead atoms. The van der Waals surface area contributed by atoms with Crippen LogP contribution in [0.2, 0.25) is 0 Å². The van der Waals surface area contributed by atoms with Gasteiger partial charge in [0.2, 0.25) is 0 Å². The molecule has 27 heavy (non-hydrogen) atoms. The number of fused-ring (bicyclic) bond motifs is 1. The van der Waals surface area contributed by atoms with Crippen LogP contribution in [0.5, 0.6) is 0 Å². The lowest BCUT2D eigenvalue weighted by molar-refractivity contribution is -0.155. The summed E-state index contributed by atoms with van der Waals surface area (Å²) in [5.74, 6) is -0.553. The topological polar surface area (TPSA) is 103 Å². The second-order valence-corrected chi connectivity index (χ2v) is 7.27. The minimum atomic E-state index is -0.995. The number of ether oxygens (including phenoxy) is 1. The average molecular weight is 389 g/mol. The van der Waals surface area contributed by atoms with Gasteiger partial charge in [-0.05, 0) is 38.5 Å². The van der Waals surface area contributed by atoms with Gasteiger partial charge in [0.1, 0.15) is 17.1 Å². The van der Waals surface area contributed by atoms with Gasteiger partial charge in [-0.15, -0.1) is 11.3 Å². The van der Waals surface area contributed by atoms with E-state index in [0.29, 0.717) is 16.0 Å². The van der Waals surface area contributed by atoms with Crippen molar-refractivity contribution in [3.8, 4) is 0 Å². The highest BCUT2D eigenvalue weighted by Gasteiger charge is 2.19. The third-order valence-corrected chi connectivity index (χ3v) is 5.26. The predicted molar refractivity (Wildman–Crippen MR) is 99.5 cm³/mol. The van der Waals surface area contributed by atoms with Crippen molar-refractivity contribution in [2.75, 3.05) is 0 Å². The van der Waals surface area contributed by atoms with Crippen molar-refractivity contribution in [1.82, 2.24) is 14.9 Å². The zero-order valence-electron chi connectivity index (χ0n) is 15.1. The van der Waals surface area contributed by atoms with Gasteiger partial charge in [-0.1, -0.05) is 0 Å². The fraction of sp³-hybridized carbons (Fsp3) is 0.333. The lowest BCUT2D eigenvalue weighted by Crippen LogP contribution is -2.36. The van der Waals surface area contributed by atoms with Gasteiger partial charge in [0.05, 0.1) is 24.5 Å². The van der Waals surface area contributed by atoms with Crippen LogP contribution in [0.4, 0.5) is 0 Å². The van der Waals surface area contributed by atoms with Crippen LogP contribution < -0.4 is 10.9 Å². The van der Waals surface area contributed by atoms with E-state index in [2.05, 4.69) is 10.3 Å². The molecule has 0 spiro atoms. The Morgan fingerprint density at radius 2 is 2.19 bits per heavy atom. The molecule has 0 aliphatic rings. The molecule has 0 fully saturated rings. The van der Waals surface area contributed by atoms with Crippen LogP contribution in [0.25, 0.3) is 10.2 Å². The standard InChI is InChI=1S/C18H19N3O5S/c1-10-12(3)27-17-15(10)18(24)21(9-20-17)8-14(22)26-11(2)16(23)19-7-13-5-4-6-25-13/h4-6,9,11H,7-8H2,1-3H3,(H,19,23)/t11-/m1/s1. The van der Waals surface area contributed by atoms with Gasteiger partial charge < -0.3 is 14.5 Å². The Morgan fingerprint density at radius 3 is 2.89 bits per heavy atom. The number of esters is 1. The fourth-order valence-electron chi connectivity index (χ4n) is 2.54. The molecule has 9 heteroatoms. The summed E-state index contributed by atoms with van der Waals surface area (Å²) in [5, 5.41) is 3.12. The number of aromatic nitrogens is 2. The molecule has 3 heterocycles. The van der Waals surface area contributed by atoms with Crippen LogP contribution in [0.3, 0.4) is 0 Å². The molecular formula is C18H19N3O5S. The maximum Gasteiger partial charge on any atom is 0.326 e. The smallest absolute Gasteiger partial charge is 0.326 e. The Labute approximate surface area is 158 Å². The largest absolute Gasteiger partial charge is 0.467 e. The number of nitrogens with zero attached hydrogens (tertiary/aromatic N) is 2. The molecule has 142 valence electrons. The van der Waals surface area contributed by atoms with Crippen molar-refractivity contribution < 1.29 is 18.7 Å². The zero-order chi connectivity index (χ0) is 19.6. The Kier molecular flexibility index (Phi) is 5.41. The van der Waals surface area contributed by atoms with E-state index < -0.39 is 18.0 Å². The summed E-state index contributed by atoms with van der Waals surface area (Å²) in [7, 11) is 0. The summed E-state index contributed by atoms with van der Waals surface area (Å²) in [4.78, 5) is 42.6. The van der Waals surface area contributed by atoms with Gasteiger partial charge in [0, 0.05) is 4.88 Å². The molecule has 0 saturated heterocycles. The van der Waals surface area contributed by atoms with E-state index in [1.807, 2.05) is 13.8 Å². The molecule has 0 aliphatic carbocycles. The molecule has 1 amide bonds. The Morgan fingerprint density at radius 1 is 1.41 bits per heavy atom. The molecule has 0 aromatic carbocycles. The monoisotopic (exact) mass is 389 g/mol. The first-order chi connectivity index (χ1) is 12.9. The van der Waals surface area contributed by atoms with E-state index in [9.17, 15) is 14.4 Å². The summed E-state index contributed by atoms with van der Waals surface area (Å²) in [5.41, 5.74) is 0.564. The first kappa shape index (κ1) is 18.8. The number of amides is 1. The van der Waals surface area contributed by atoms with Crippen molar-refractivity contribution in [3.63, 3.8) is 0 Å². The minimum absolute atomic E-state index is 0.199. The number of carbonyl (C=O) groups excluding carboxylic acids is 2. The van der Waals surface area contributed by atoms with Gasteiger partial charge in [-0.2, -0.15) is 0 Å². The van der Waals surface area contributed by atoms with Gasteiger partial charge in [0.25, 0.3) is 11.5 Å². The summed E-state index contributed by atoms with van der Waals surface area (Å²) in [6.07, 6.45) is 1.83. The maximum atomic E-state index is 12.6. The van der Waals surface area contributed by atoms with E-state index in [-0.39, 0.29) is 18.6 Å². The highest BCUT2D eigenvalue weighted by Crippen LogP contribution is 2.25. The van der Waals surface area contributed by atoms with Gasteiger partial charge in [-0.25, -0.2) is 4.98 Å². The molecule has 1 atom stereocenters. The number of rotatable bonds is 6. The minimum Gasteiger partial charge on any atom is -0.467 e. The Balaban J connectivity index is 1.62. The highest BCUT2D eigenvalue weighted by molar-refractivity contribution is 7.18. The molecule has 0 saturated carbocycles. The quantitative estimate of drug-likeness (QED) is 0.646. The Bertz CT molecular complexity index is 1040. The molecule has 8 nitrogen and oxygen atoms in total. The van der Waals surface area contributed by atoms with Crippen LogP contribution in [-0.4, -0.2) is 27.5 Å². The van der Waals surface area contributed by atoms with Gasteiger partial charge in [0.15, 0.2) is 6.10 Å². The van der Waals surface area contributed by atoms with Crippen molar-refractivity contribution in [1.29, 1.82) is 0 Å². The molecule has 0 radical (unpaired) electrons. The van der Waals surface area contributed by atoms with E-state index in [1.54, 1.807) is 12.1 Å². The van der Waals surface area contributed by atoms with E-state index >= 15 is 0 Å². The third-order valence-electron chi connectivity index (χ3n) is 4.15. The molecule has 3 aromatic rings. The average Bonchev–Trinajstić information content (AvgIpc) is 3.24. The molecule has 0 aliphatic heterocycles. The number of thiophene rings is 1. The SMILES string of the molecule is Cc1sc2ncn(CC(=O)O[C@H](C)C(=O)NCc3ccco3)c(=O)c2c1C. The van der Waals surface area contributed by atoms with Crippen molar-refractivity contribution in [2.24, 2.45) is 0 Å². The number of aryl methyl sites for hydroxylation is 2. The number of hydrogen-bond acceptors (Lipinski definition) is 7. The van der Waals surface area contributed by atoms with E-state index in [1.165, 1.54) is 35.4 Å². The van der Waals surface area contributed by atoms with Crippen molar-refractivity contribution in [2.45, 2.75) is 40.0 Å². The Hall–Kier alpha value is -2.94. The normalized spacial score (nSPS) is 12.1. The number of furan rings is 1. The zero-order valence-corrected chi connectivity index (χ0v) is 16.0. The maximum absolute atomic E-state index is 12.6.